The highest BCUT2D eigenvalue weighted by atomic mass is 19.4. The molecule has 2 N–H and O–H groups in total. The van der Waals surface area contributed by atoms with Crippen molar-refractivity contribution in [2.45, 2.75) is 33.9 Å². The molecular weight excluding hydrogens is 427 g/mol. The molecule has 0 amide bonds. The van der Waals surface area contributed by atoms with Gasteiger partial charge < -0.3 is 20.1 Å². The molecule has 1 aromatic carbocycles. The zero-order valence-electron chi connectivity index (χ0n) is 18.5. The standard InChI is InChI=1S/C20H24F3N3O2.C2H4O2/c1-4-26(5-2)12-13-28-19(27)15-8-7-11-24-18(15)25-17-10-6-9-16(14(17)3)20(21,22)23;1-2(3)4/h6-11H,4-5,12-13H2,1-3H3,(H,24,25);1H3,(H,3,4). The number of carboxylic acid groups (broad SMARTS) is 1. The molecule has 0 radical (unpaired) electrons. The lowest BCUT2D eigenvalue weighted by Gasteiger charge is -2.18. The maximum absolute atomic E-state index is 13.1. The molecule has 0 spiro atoms. The Morgan fingerprint density at radius 3 is 2.34 bits per heavy atom. The number of aliphatic carboxylic acids is 1. The first-order chi connectivity index (χ1) is 15.0. The number of ether oxygens (including phenoxy) is 1. The molecule has 176 valence electrons. The smallest absolute Gasteiger partial charge is 0.416 e. The summed E-state index contributed by atoms with van der Waals surface area (Å²) in [5, 5.41) is 10.3. The normalized spacial score (nSPS) is 10.9. The molecule has 1 aromatic heterocycles. The zero-order valence-corrected chi connectivity index (χ0v) is 18.5. The van der Waals surface area contributed by atoms with Crippen LogP contribution >= 0.6 is 0 Å². The van der Waals surface area contributed by atoms with E-state index >= 15 is 0 Å². The van der Waals surface area contributed by atoms with E-state index < -0.39 is 23.7 Å². The van der Waals surface area contributed by atoms with Crippen molar-refractivity contribution in [1.82, 2.24) is 9.88 Å². The molecule has 0 aliphatic rings. The number of pyridine rings is 1. The summed E-state index contributed by atoms with van der Waals surface area (Å²) < 4.78 is 44.7. The summed E-state index contributed by atoms with van der Waals surface area (Å²) in [5.41, 5.74) is -0.317. The fourth-order valence-electron chi connectivity index (χ4n) is 2.76. The van der Waals surface area contributed by atoms with Gasteiger partial charge in [0.1, 0.15) is 18.0 Å². The van der Waals surface area contributed by atoms with Crippen LogP contribution in [0.2, 0.25) is 0 Å². The summed E-state index contributed by atoms with van der Waals surface area (Å²) in [7, 11) is 0. The summed E-state index contributed by atoms with van der Waals surface area (Å²) >= 11 is 0. The molecule has 0 aliphatic carbocycles. The van der Waals surface area contributed by atoms with Gasteiger partial charge in [-0.25, -0.2) is 9.78 Å². The average Bonchev–Trinajstić information content (AvgIpc) is 2.71. The van der Waals surface area contributed by atoms with E-state index in [1.807, 2.05) is 13.8 Å². The first-order valence-electron chi connectivity index (χ1n) is 9.99. The summed E-state index contributed by atoms with van der Waals surface area (Å²) in [6.07, 6.45) is -3.00. The fraction of sp³-hybridized carbons (Fsp3) is 0.409. The molecule has 7 nitrogen and oxygen atoms in total. The third-order valence-corrected chi connectivity index (χ3v) is 4.45. The predicted molar refractivity (Wildman–Crippen MR) is 115 cm³/mol. The van der Waals surface area contributed by atoms with E-state index in [1.165, 1.54) is 31.3 Å². The fourth-order valence-corrected chi connectivity index (χ4v) is 2.76. The Balaban J connectivity index is 0.00000118. The topological polar surface area (TPSA) is 91.8 Å². The highest BCUT2D eigenvalue weighted by molar-refractivity contribution is 5.95. The second-order valence-corrected chi connectivity index (χ2v) is 6.68. The van der Waals surface area contributed by atoms with Gasteiger partial charge in [-0.2, -0.15) is 13.2 Å². The maximum Gasteiger partial charge on any atom is 0.416 e. The number of halogens is 3. The number of carbonyl (C=O) groups excluding carboxylic acids is 1. The summed E-state index contributed by atoms with van der Waals surface area (Å²) in [5.74, 6) is -1.26. The van der Waals surface area contributed by atoms with Crippen LogP contribution in [0.3, 0.4) is 0 Å². The summed E-state index contributed by atoms with van der Waals surface area (Å²) in [6.45, 7) is 9.02. The molecule has 0 aliphatic heterocycles. The molecule has 0 saturated carbocycles. The largest absolute Gasteiger partial charge is 0.481 e. The number of carbonyl (C=O) groups is 2. The molecule has 0 unspecified atom stereocenters. The number of nitrogens with one attached hydrogen (secondary N) is 1. The van der Waals surface area contributed by atoms with Crippen LogP contribution in [0.25, 0.3) is 0 Å². The Morgan fingerprint density at radius 2 is 1.78 bits per heavy atom. The minimum Gasteiger partial charge on any atom is -0.481 e. The van der Waals surface area contributed by atoms with Crippen LogP contribution in [-0.2, 0) is 15.7 Å². The van der Waals surface area contributed by atoms with E-state index in [-0.39, 0.29) is 29.2 Å². The molecule has 0 fully saturated rings. The summed E-state index contributed by atoms with van der Waals surface area (Å²) in [4.78, 5) is 27.6. The first kappa shape index (κ1) is 26.9. The van der Waals surface area contributed by atoms with Gasteiger partial charge in [0.2, 0.25) is 0 Å². The molecule has 0 saturated heterocycles. The molecule has 0 bridgehead atoms. The number of anilines is 2. The number of likely N-dealkylation sites (N-methyl/N-ethyl adjacent to an activating group) is 1. The highest BCUT2D eigenvalue weighted by Crippen LogP contribution is 2.35. The number of carboxylic acids is 1. The number of hydrogen-bond donors (Lipinski definition) is 2. The van der Waals surface area contributed by atoms with Gasteiger partial charge in [-0.15, -0.1) is 0 Å². The Bertz CT molecular complexity index is 896. The van der Waals surface area contributed by atoms with Gasteiger partial charge in [0.25, 0.3) is 5.97 Å². The van der Waals surface area contributed by atoms with Crippen molar-refractivity contribution in [3.05, 3.63) is 53.2 Å². The van der Waals surface area contributed by atoms with Gasteiger partial charge in [-0.1, -0.05) is 19.9 Å². The van der Waals surface area contributed by atoms with Gasteiger partial charge >= 0.3 is 12.1 Å². The van der Waals surface area contributed by atoms with E-state index in [2.05, 4.69) is 15.2 Å². The second-order valence-electron chi connectivity index (χ2n) is 6.68. The molecule has 2 aromatic rings. The van der Waals surface area contributed by atoms with Crippen LogP contribution in [0.1, 0.15) is 42.3 Å². The van der Waals surface area contributed by atoms with E-state index in [4.69, 9.17) is 14.6 Å². The van der Waals surface area contributed by atoms with Crippen LogP contribution in [0.15, 0.2) is 36.5 Å². The third-order valence-electron chi connectivity index (χ3n) is 4.45. The van der Waals surface area contributed by atoms with E-state index in [0.29, 0.717) is 6.54 Å². The van der Waals surface area contributed by atoms with Crippen molar-refractivity contribution in [2.24, 2.45) is 0 Å². The second kappa shape index (κ2) is 12.7. The number of nitrogens with zero attached hydrogens (tertiary/aromatic N) is 2. The van der Waals surface area contributed by atoms with Crippen molar-refractivity contribution in [1.29, 1.82) is 0 Å². The van der Waals surface area contributed by atoms with Crippen LogP contribution in [0, 0.1) is 6.92 Å². The highest BCUT2D eigenvalue weighted by Gasteiger charge is 2.33. The summed E-state index contributed by atoms with van der Waals surface area (Å²) in [6, 6.07) is 6.93. The van der Waals surface area contributed by atoms with Crippen LogP contribution < -0.4 is 5.32 Å². The minimum absolute atomic E-state index is 0.0292. The molecule has 2 rings (SSSR count). The van der Waals surface area contributed by atoms with Crippen LogP contribution in [-0.4, -0.2) is 53.2 Å². The number of alkyl halides is 3. The van der Waals surface area contributed by atoms with Crippen LogP contribution in [0.5, 0.6) is 0 Å². The number of benzene rings is 1. The van der Waals surface area contributed by atoms with Gasteiger partial charge in [-0.3, -0.25) is 4.79 Å². The minimum atomic E-state index is -4.46. The van der Waals surface area contributed by atoms with E-state index in [0.717, 1.165) is 26.1 Å². The van der Waals surface area contributed by atoms with Crippen molar-refractivity contribution in [2.75, 3.05) is 31.6 Å². The predicted octanol–water partition coefficient (Wildman–Crippen LogP) is 4.74. The lowest BCUT2D eigenvalue weighted by atomic mass is 10.1. The van der Waals surface area contributed by atoms with Crippen molar-refractivity contribution in [3.8, 4) is 0 Å². The molecule has 10 heteroatoms. The lowest BCUT2D eigenvalue weighted by Crippen LogP contribution is -2.28. The lowest BCUT2D eigenvalue weighted by molar-refractivity contribution is -0.138. The number of esters is 1. The Morgan fingerprint density at radius 1 is 1.16 bits per heavy atom. The first-order valence-corrected chi connectivity index (χ1v) is 9.99. The zero-order chi connectivity index (χ0) is 24.3. The number of rotatable bonds is 8. The monoisotopic (exact) mass is 455 g/mol. The van der Waals surface area contributed by atoms with Crippen molar-refractivity contribution >= 4 is 23.4 Å². The van der Waals surface area contributed by atoms with E-state index in [1.54, 1.807) is 6.07 Å². The van der Waals surface area contributed by atoms with Gasteiger partial charge in [0.05, 0.1) is 5.56 Å². The van der Waals surface area contributed by atoms with Crippen molar-refractivity contribution < 1.29 is 32.6 Å². The van der Waals surface area contributed by atoms with Gasteiger partial charge in [0, 0.05) is 25.4 Å². The molecule has 32 heavy (non-hydrogen) atoms. The average molecular weight is 455 g/mol. The Labute approximate surface area is 185 Å². The molecular formula is C22H28F3N3O4. The number of aromatic nitrogens is 1. The van der Waals surface area contributed by atoms with Crippen molar-refractivity contribution in [3.63, 3.8) is 0 Å². The third kappa shape index (κ3) is 8.54. The number of hydrogen-bond acceptors (Lipinski definition) is 6. The Hall–Kier alpha value is -3.14. The van der Waals surface area contributed by atoms with E-state index in [9.17, 15) is 18.0 Å². The quantitative estimate of drug-likeness (QED) is 0.556. The van der Waals surface area contributed by atoms with Crippen LogP contribution in [0.4, 0.5) is 24.7 Å². The van der Waals surface area contributed by atoms with Gasteiger partial charge in [0.15, 0.2) is 0 Å². The molecule has 1 heterocycles. The van der Waals surface area contributed by atoms with Gasteiger partial charge in [-0.05, 0) is 49.8 Å². The Kier molecular flexibility index (Phi) is 10.6. The maximum atomic E-state index is 13.1. The molecule has 0 atom stereocenters. The SMILES string of the molecule is CC(=O)O.CCN(CC)CCOC(=O)c1cccnc1Nc1cccc(C(F)(F)F)c1C.